The molecule has 2 atom stereocenters. The fourth-order valence-electron chi connectivity index (χ4n) is 4.50. The minimum atomic E-state index is -0.662. The summed E-state index contributed by atoms with van der Waals surface area (Å²) in [5, 5.41) is 11.3. The van der Waals surface area contributed by atoms with Crippen LogP contribution in [0, 0.1) is 0 Å². The minimum Gasteiger partial charge on any atom is -0.507 e. The van der Waals surface area contributed by atoms with Crippen LogP contribution in [0.5, 0.6) is 11.5 Å². The SMILES string of the molecule is CCCCN1C(=O)C(=O)/C(=C(\O)c2ccc3c(c2)CC(C)O3)C1c1cccc(OCCC)c1. The molecule has 33 heavy (non-hydrogen) atoms. The second kappa shape index (κ2) is 9.69. The van der Waals surface area contributed by atoms with E-state index in [0.29, 0.717) is 24.5 Å². The van der Waals surface area contributed by atoms with E-state index >= 15 is 0 Å². The number of Topliss-reactive ketones (excluding diaryl/α,β-unsaturated/α-hetero) is 1. The Balaban J connectivity index is 1.80. The predicted octanol–water partition coefficient (Wildman–Crippen LogP) is 5.02. The summed E-state index contributed by atoms with van der Waals surface area (Å²) in [5.74, 6) is 0.0880. The number of aliphatic hydroxyl groups is 1. The summed E-state index contributed by atoms with van der Waals surface area (Å²) in [4.78, 5) is 27.7. The second-order valence-electron chi connectivity index (χ2n) is 8.72. The van der Waals surface area contributed by atoms with E-state index in [1.807, 2.05) is 57.2 Å². The first-order chi connectivity index (χ1) is 15.9. The van der Waals surface area contributed by atoms with Gasteiger partial charge in [0.2, 0.25) is 0 Å². The van der Waals surface area contributed by atoms with Crippen molar-refractivity contribution in [2.45, 2.75) is 58.6 Å². The zero-order valence-corrected chi connectivity index (χ0v) is 19.5. The van der Waals surface area contributed by atoms with Gasteiger partial charge in [-0.15, -0.1) is 0 Å². The van der Waals surface area contributed by atoms with E-state index in [9.17, 15) is 14.7 Å². The quantitative estimate of drug-likeness (QED) is 0.348. The second-order valence-corrected chi connectivity index (χ2v) is 8.72. The molecule has 0 spiro atoms. The lowest BCUT2D eigenvalue weighted by Gasteiger charge is -2.25. The van der Waals surface area contributed by atoms with Crippen molar-refractivity contribution in [1.82, 2.24) is 4.90 Å². The van der Waals surface area contributed by atoms with Crippen molar-refractivity contribution in [3.8, 4) is 11.5 Å². The van der Waals surface area contributed by atoms with Gasteiger partial charge < -0.3 is 19.5 Å². The monoisotopic (exact) mass is 449 g/mol. The predicted molar refractivity (Wildman–Crippen MR) is 126 cm³/mol. The molecule has 6 nitrogen and oxygen atoms in total. The first-order valence-corrected chi connectivity index (χ1v) is 11.8. The van der Waals surface area contributed by atoms with E-state index in [-0.39, 0.29) is 17.4 Å². The number of ether oxygens (including phenoxy) is 2. The number of carbonyl (C=O) groups is 2. The summed E-state index contributed by atoms with van der Waals surface area (Å²) in [5.41, 5.74) is 2.37. The summed E-state index contributed by atoms with van der Waals surface area (Å²) in [7, 11) is 0. The number of carbonyl (C=O) groups excluding carboxylic acids is 2. The lowest BCUT2D eigenvalue weighted by molar-refractivity contribution is -0.139. The maximum atomic E-state index is 13.2. The van der Waals surface area contributed by atoms with Crippen LogP contribution in [-0.2, 0) is 16.0 Å². The van der Waals surface area contributed by atoms with Crippen LogP contribution < -0.4 is 9.47 Å². The van der Waals surface area contributed by atoms with Crippen molar-refractivity contribution >= 4 is 17.4 Å². The zero-order valence-electron chi connectivity index (χ0n) is 19.5. The van der Waals surface area contributed by atoms with Gasteiger partial charge in [0.1, 0.15) is 23.4 Å². The molecule has 6 heteroatoms. The fraction of sp³-hybridized carbons (Fsp3) is 0.407. The van der Waals surface area contributed by atoms with Gasteiger partial charge in [-0.25, -0.2) is 0 Å². The van der Waals surface area contributed by atoms with Gasteiger partial charge in [-0.1, -0.05) is 32.4 Å². The molecule has 2 aliphatic heterocycles. The standard InChI is InChI=1S/C27H31NO5/c1-4-6-12-28-24(18-8-7-9-21(16-18)32-13-5-2)23(26(30)27(28)31)25(29)19-10-11-22-20(15-19)14-17(3)33-22/h7-11,15-17,24,29H,4-6,12-14H2,1-3H3/b25-23-. The average molecular weight is 450 g/mol. The largest absolute Gasteiger partial charge is 0.507 e. The van der Waals surface area contributed by atoms with Crippen LogP contribution in [0.25, 0.3) is 5.76 Å². The third-order valence-electron chi connectivity index (χ3n) is 6.11. The topological polar surface area (TPSA) is 76.1 Å². The molecule has 0 radical (unpaired) electrons. The van der Waals surface area contributed by atoms with Gasteiger partial charge in [0, 0.05) is 18.5 Å². The minimum absolute atomic E-state index is 0.0721. The van der Waals surface area contributed by atoms with Crippen molar-refractivity contribution in [2.24, 2.45) is 0 Å². The van der Waals surface area contributed by atoms with E-state index in [4.69, 9.17) is 9.47 Å². The van der Waals surface area contributed by atoms with Crippen LogP contribution in [0.3, 0.4) is 0 Å². The normalized spacial score (nSPS) is 21.2. The molecule has 1 N–H and O–H groups in total. The van der Waals surface area contributed by atoms with Crippen molar-refractivity contribution in [3.63, 3.8) is 0 Å². The maximum Gasteiger partial charge on any atom is 0.295 e. The average Bonchev–Trinajstić information content (AvgIpc) is 3.31. The van der Waals surface area contributed by atoms with E-state index in [1.54, 1.807) is 11.0 Å². The van der Waals surface area contributed by atoms with E-state index in [2.05, 4.69) is 0 Å². The van der Waals surface area contributed by atoms with Crippen molar-refractivity contribution in [3.05, 3.63) is 64.7 Å². The van der Waals surface area contributed by atoms with E-state index < -0.39 is 17.7 Å². The van der Waals surface area contributed by atoms with Gasteiger partial charge in [-0.3, -0.25) is 9.59 Å². The highest BCUT2D eigenvalue weighted by Crippen LogP contribution is 2.41. The van der Waals surface area contributed by atoms with E-state index in [0.717, 1.165) is 42.6 Å². The molecule has 2 aromatic rings. The number of likely N-dealkylation sites (tertiary alicyclic amines) is 1. The van der Waals surface area contributed by atoms with Crippen LogP contribution in [-0.4, -0.2) is 41.0 Å². The number of unbranched alkanes of at least 4 members (excludes halogenated alkanes) is 1. The van der Waals surface area contributed by atoms with Gasteiger partial charge in [0.05, 0.1) is 18.2 Å². The molecule has 174 valence electrons. The number of aliphatic hydroxyl groups excluding tert-OH is 1. The van der Waals surface area contributed by atoms with E-state index in [1.165, 1.54) is 0 Å². The van der Waals surface area contributed by atoms with Gasteiger partial charge in [0.25, 0.3) is 11.7 Å². The molecule has 4 rings (SSSR count). The van der Waals surface area contributed by atoms with Crippen LogP contribution in [0.15, 0.2) is 48.0 Å². The van der Waals surface area contributed by atoms with Crippen LogP contribution >= 0.6 is 0 Å². The Kier molecular flexibility index (Phi) is 6.72. The molecule has 2 aromatic carbocycles. The summed E-state index contributed by atoms with van der Waals surface area (Å²) in [6, 6.07) is 12.2. The molecule has 0 saturated carbocycles. The number of amides is 1. The fourth-order valence-corrected chi connectivity index (χ4v) is 4.50. The first-order valence-electron chi connectivity index (χ1n) is 11.8. The van der Waals surface area contributed by atoms with Crippen molar-refractivity contribution in [2.75, 3.05) is 13.2 Å². The molecule has 0 aliphatic carbocycles. The summed E-state index contributed by atoms with van der Waals surface area (Å²) >= 11 is 0. The Morgan fingerprint density at radius 1 is 1.15 bits per heavy atom. The van der Waals surface area contributed by atoms with Gasteiger partial charge in [-0.05, 0) is 61.2 Å². The molecule has 2 aliphatic rings. The highest BCUT2D eigenvalue weighted by atomic mass is 16.5. The molecule has 1 saturated heterocycles. The third-order valence-corrected chi connectivity index (χ3v) is 6.11. The number of nitrogens with zero attached hydrogens (tertiary/aromatic N) is 1. The molecular formula is C27H31NO5. The molecule has 2 heterocycles. The summed E-state index contributed by atoms with van der Waals surface area (Å²) in [6.45, 7) is 7.09. The zero-order chi connectivity index (χ0) is 23.5. The molecule has 1 amide bonds. The third kappa shape index (κ3) is 4.47. The summed E-state index contributed by atoms with van der Waals surface area (Å²) < 4.78 is 11.5. The van der Waals surface area contributed by atoms with Gasteiger partial charge in [0.15, 0.2) is 0 Å². The number of hydrogen-bond acceptors (Lipinski definition) is 5. The Morgan fingerprint density at radius 3 is 2.73 bits per heavy atom. The molecule has 1 fully saturated rings. The Morgan fingerprint density at radius 2 is 1.97 bits per heavy atom. The van der Waals surface area contributed by atoms with Crippen LogP contribution in [0.4, 0.5) is 0 Å². The van der Waals surface area contributed by atoms with Crippen molar-refractivity contribution < 1.29 is 24.2 Å². The first kappa shape index (κ1) is 22.9. The molecule has 0 bridgehead atoms. The highest BCUT2D eigenvalue weighted by Gasteiger charge is 2.46. The number of benzene rings is 2. The van der Waals surface area contributed by atoms with Crippen molar-refractivity contribution in [1.29, 1.82) is 0 Å². The summed E-state index contributed by atoms with van der Waals surface area (Å²) in [6.07, 6.45) is 3.34. The number of ketones is 1. The Hall–Kier alpha value is -3.28. The van der Waals surface area contributed by atoms with Gasteiger partial charge in [-0.2, -0.15) is 0 Å². The smallest absolute Gasteiger partial charge is 0.295 e. The number of fused-ring (bicyclic) bond motifs is 1. The highest BCUT2D eigenvalue weighted by molar-refractivity contribution is 6.46. The molecular weight excluding hydrogens is 418 g/mol. The maximum absolute atomic E-state index is 13.2. The van der Waals surface area contributed by atoms with Gasteiger partial charge >= 0.3 is 0 Å². The lowest BCUT2D eigenvalue weighted by Crippen LogP contribution is -2.30. The number of rotatable bonds is 8. The van der Waals surface area contributed by atoms with Crippen LogP contribution in [0.1, 0.15) is 62.8 Å². The lowest BCUT2D eigenvalue weighted by atomic mass is 9.94. The molecule has 2 unspecified atom stereocenters. The molecule has 0 aromatic heterocycles. The Bertz CT molecular complexity index is 1090. The Labute approximate surface area is 194 Å². The number of hydrogen-bond donors (Lipinski definition) is 1. The van der Waals surface area contributed by atoms with Crippen LogP contribution in [0.2, 0.25) is 0 Å².